The number of halogens is 1. The first-order valence-electron chi connectivity index (χ1n) is 6.90. The number of rotatable bonds is 5. The molecular formula is C13H16ClN3O4. The maximum absolute atomic E-state index is 12.2. The van der Waals surface area contributed by atoms with Crippen molar-refractivity contribution in [2.24, 2.45) is 11.8 Å². The van der Waals surface area contributed by atoms with Crippen molar-refractivity contribution in [1.29, 1.82) is 0 Å². The average molecular weight is 314 g/mol. The van der Waals surface area contributed by atoms with E-state index in [9.17, 15) is 14.7 Å². The molecule has 1 aromatic heterocycles. The molecule has 3 heterocycles. The van der Waals surface area contributed by atoms with Gasteiger partial charge in [-0.1, -0.05) is 11.6 Å². The zero-order valence-electron chi connectivity index (χ0n) is 11.2. The van der Waals surface area contributed by atoms with Crippen LogP contribution < -0.4 is 5.32 Å². The van der Waals surface area contributed by atoms with E-state index in [2.05, 4.69) is 10.4 Å². The Morgan fingerprint density at radius 3 is 2.76 bits per heavy atom. The molecule has 114 valence electrons. The van der Waals surface area contributed by atoms with Crippen molar-refractivity contribution in [1.82, 2.24) is 15.1 Å². The van der Waals surface area contributed by atoms with Gasteiger partial charge in [-0.15, -0.1) is 0 Å². The van der Waals surface area contributed by atoms with Crippen LogP contribution in [-0.2, 0) is 20.9 Å². The average Bonchev–Trinajstić information content (AvgIpc) is 3.13. The molecule has 0 spiro atoms. The van der Waals surface area contributed by atoms with Gasteiger partial charge in [0.25, 0.3) is 0 Å². The lowest BCUT2D eigenvalue weighted by Gasteiger charge is -2.23. The number of carbonyl (C=O) groups excluding carboxylic acids is 1. The summed E-state index contributed by atoms with van der Waals surface area (Å²) in [4.78, 5) is 23.6. The molecule has 2 fully saturated rings. The molecule has 0 saturated carbocycles. The number of hydrogen-bond donors (Lipinski definition) is 2. The Balaban J connectivity index is 1.56. The molecule has 1 amide bonds. The Hall–Kier alpha value is -1.60. The van der Waals surface area contributed by atoms with E-state index >= 15 is 0 Å². The number of fused-ring (bicyclic) bond motifs is 2. The Kier molecular flexibility index (Phi) is 3.86. The molecule has 4 atom stereocenters. The maximum Gasteiger partial charge on any atom is 0.310 e. The number of nitrogens with zero attached hydrogens (tertiary/aromatic N) is 2. The summed E-state index contributed by atoms with van der Waals surface area (Å²) in [5.74, 6) is -2.54. The summed E-state index contributed by atoms with van der Waals surface area (Å²) < 4.78 is 7.19. The first kappa shape index (κ1) is 14.3. The fourth-order valence-electron chi connectivity index (χ4n) is 3.20. The first-order valence-corrected chi connectivity index (χ1v) is 7.28. The van der Waals surface area contributed by atoms with Gasteiger partial charge in [0.15, 0.2) is 0 Å². The molecule has 21 heavy (non-hydrogen) atoms. The molecule has 0 aromatic carbocycles. The van der Waals surface area contributed by atoms with Crippen molar-refractivity contribution in [2.75, 3.05) is 6.54 Å². The molecule has 8 heteroatoms. The molecule has 2 N–H and O–H groups in total. The van der Waals surface area contributed by atoms with Crippen LogP contribution in [0.1, 0.15) is 12.8 Å². The third kappa shape index (κ3) is 2.75. The van der Waals surface area contributed by atoms with Crippen molar-refractivity contribution < 1.29 is 19.4 Å². The van der Waals surface area contributed by atoms with Crippen molar-refractivity contribution in [2.45, 2.75) is 31.6 Å². The van der Waals surface area contributed by atoms with Crippen LogP contribution in [0.3, 0.4) is 0 Å². The lowest BCUT2D eigenvalue weighted by Crippen LogP contribution is -2.44. The van der Waals surface area contributed by atoms with E-state index < -0.39 is 17.8 Å². The first-order chi connectivity index (χ1) is 10.1. The normalized spacial score (nSPS) is 30.5. The number of aromatic nitrogens is 2. The molecule has 2 aliphatic rings. The Morgan fingerprint density at radius 1 is 1.43 bits per heavy atom. The lowest BCUT2D eigenvalue weighted by atomic mass is 9.79. The van der Waals surface area contributed by atoms with Crippen LogP contribution in [0, 0.1) is 11.8 Å². The van der Waals surface area contributed by atoms with Gasteiger partial charge in [0.2, 0.25) is 5.91 Å². The molecule has 0 aliphatic carbocycles. The topological polar surface area (TPSA) is 93.5 Å². The van der Waals surface area contributed by atoms with Crippen LogP contribution in [-0.4, -0.2) is 45.5 Å². The molecule has 0 unspecified atom stereocenters. The Bertz CT molecular complexity index is 561. The predicted molar refractivity (Wildman–Crippen MR) is 72.8 cm³/mol. The minimum absolute atomic E-state index is 0.257. The van der Waals surface area contributed by atoms with Crippen LogP contribution in [0.2, 0.25) is 5.02 Å². The third-order valence-electron chi connectivity index (χ3n) is 4.10. The highest BCUT2D eigenvalue weighted by atomic mass is 35.5. The molecule has 3 rings (SSSR count). The monoisotopic (exact) mass is 313 g/mol. The second kappa shape index (κ2) is 5.65. The van der Waals surface area contributed by atoms with E-state index in [4.69, 9.17) is 16.3 Å². The number of carbonyl (C=O) groups is 2. The summed E-state index contributed by atoms with van der Waals surface area (Å²) in [6.07, 6.45) is 4.06. The van der Waals surface area contributed by atoms with E-state index in [0.29, 0.717) is 18.1 Å². The lowest BCUT2D eigenvalue weighted by molar-refractivity contribution is -0.147. The summed E-state index contributed by atoms with van der Waals surface area (Å²) >= 11 is 5.75. The predicted octanol–water partition coefficient (Wildman–Crippen LogP) is 0.531. The van der Waals surface area contributed by atoms with Crippen LogP contribution in [0.15, 0.2) is 12.4 Å². The summed E-state index contributed by atoms with van der Waals surface area (Å²) in [6, 6.07) is 0. The summed E-state index contributed by atoms with van der Waals surface area (Å²) in [6.45, 7) is 0.856. The van der Waals surface area contributed by atoms with E-state index in [1.165, 1.54) is 6.20 Å². The fourth-order valence-corrected chi connectivity index (χ4v) is 3.35. The molecular weight excluding hydrogens is 298 g/mol. The number of hydrogen-bond acceptors (Lipinski definition) is 4. The molecule has 1 aromatic rings. The Labute approximate surface area is 126 Å². The highest BCUT2D eigenvalue weighted by Crippen LogP contribution is 2.43. The number of nitrogens with one attached hydrogen (secondary N) is 1. The van der Waals surface area contributed by atoms with E-state index in [1.807, 2.05) is 0 Å². The largest absolute Gasteiger partial charge is 0.481 e. The van der Waals surface area contributed by atoms with Crippen molar-refractivity contribution >= 4 is 23.5 Å². The summed E-state index contributed by atoms with van der Waals surface area (Å²) in [7, 11) is 0. The van der Waals surface area contributed by atoms with Gasteiger partial charge < -0.3 is 15.2 Å². The van der Waals surface area contributed by atoms with Crippen molar-refractivity contribution in [3.63, 3.8) is 0 Å². The standard InChI is InChI=1S/C13H16ClN3O4/c14-7-5-16-17(6-7)4-3-15-12(18)10-8-1-2-9(21-8)11(10)13(19)20/h5-6,8-11H,1-4H2,(H,15,18)(H,19,20)/t8-,9-,10+,11-/m1/s1. The molecule has 2 aliphatic heterocycles. The number of carboxylic acids is 1. The van der Waals surface area contributed by atoms with Crippen LogP contribution >= 0.6 is 11.6 Å². The third-order valence-corrected chi connectivity index (χ3v) is 4.30. The van der Waals surface area contributed by atoms with Gasteiger partial charge in [0.1, 0.15) is 0 Å². The summed E-state index contributed by atoms with van der Waals surface area (Å²) in [5, 5.41) is 16.6. The van der Waals surface area contributed by atoms with E-state index in [1.54, 1.807) is 10.9 Å². The highest BCUT2D eigenvalue weighted by molar-refractivity contribution is 6.30. The van der Waals surface area contributed by atoms with Crippen LogP contribution in [0.4, 0.5) is 0 Å². The van der Waals surface area contributed by atoms with Gasteiger partial charge in [0.05, 0.1) is 41.8 Å². The van der Waals surface area contributed by atoms with Gasteiger partial charge in [-0.05, 0) is 12.8 Å². The smallest absolute Gasteiger partial charge is 0.310 e. The van der Waals surface area contributed by atoms with Gasteiger partial charge in [0, 0.05) is 12.7 Å². The van der Waals surface area contributed by atoms with Gasteiger partial charge >= 0.3 is 5.97 Å². The molecule has 2 saturated heterocycles. The maximum atomic E-state index is 12.2. The molecule has 7 nitrogen and oxygen atoms in total. The van der Waals surface area contributed by atoms with Crippen LogP contribution in [0.25, 0.3) is 0 Å². The fraction of sp³-hybridized carbons (Fsp3) is 0.615. The van der Waals surface area contributed by atoms with E-state index in [0.717, 1.165) is 12.8 Å². The zero-order valence-corrected chi connectivity index (χ0v) is 12.0. The van der Waals surface area contributed by atoms with Gasteiger partial charge in [-0.25, -0.2) is 0 Å². The van der Waals surface area contributed by atoms with E-state index in [-0.39, 0.29) is 18.1 Å². The van der Waals surface area contributed by atoms with Crippen molar-refractivity contribution in [3.05, 3.63) is 17.4 Å². The molecule has 2 bridgehead atoms. The quantitative estimate of drug-likeness (QED) is 0.827. The number of ether oxygens (including phenoxy) is 1. The van der Waals surface area contributed by atoms with Gasteiger partial charge in [-0.2, -0.15) is 5.10 Å². The highest BCUT2D eigenvalue weighted by Gasteiger charge is 2.55. The second-order valence-corrected chi connectivity index (χ2v) is 5.83. The Morgan fingerprint density at radius 2 is 2.14 bits per heavy atom. The molecule has 0 radical (unpaired) electrons. The number of carboxylic acid groups (broad SMARTS) is 1. The minimum atomic E-state index is -0.957. The SMILES string of the molecule is O=C(NCCn1cc(Cl)cn1)[C@@H]1[C@H](C(=O)O)[C@H]2CC[C@H]1O2. The van der Waals surface area contributed by atoms with Crippen molar-refractivity contribution in [3.8, 4) is 0 Å². The number of amides is 1. The van der Waals surface area contributed by atoms with Crippen LogP contribution in [0.5, 0.6) is 0 Å². The zero-order chi connectivity index (χ0) is 15.0. The van der Waals surface area contributed by atoms with Gasteiger partial charge in [-0.3, -0.25) is 14.3 Å². The second-order valence-electron chi connectivity index (χ2n) is 5.39. The minimum Gasteiger partial charge on any atom is -0.481 e. The number of aliphatic carboxylic acids is 1. The summed E-state index contributed by atoms with van der Waals surface area (Å²) in [5.41, 5.74) is 0.